The number of rotatable bonds is 9. The molecule has 1 aliphatic heterocycles. The fourth-order valence-electron chi connectivity index (χ4n) is 3.70. The Bertz CT molecular complexity index is 1340. The highest BCUT2D eigenvalue weighted by molar-refractivity contribution is 6.48. The number of hydrogen-bond acceptors (Lipinski definition) is 5. The molecule has 0 bridgehead atoms. The number of carbonyl (C=O) groups excluding carboxylic acids is 3. The normalized spacial score (nSPS) is 13.2. The van der Waals surface area contributed by atoms with Gasteiger partial charge in [0.1, 0.15) is 16.5 Å². The Labute approximate surface area is 214 Å². The topological polar surface area (TPSA) is 87.7 Å². The van der Waals surface area contributed by atoms with Gasteiger partial charge in [0.05, 0.1) is 18.8 Å². The second-order valence-corrected chi connectivity index (χ2v) is 8.70. The van der Waals surface area contributed by atoms with Crippen LogP contribution in [-0.4, -0.2) is 29.2 Å². The van der Waals surface area contributed by atoms with Crippen LogP contribution in [0.1, 0.15) is 34.8 Å². The minimum Gasteiger partial charge on any atom is -0.491 e. The maximum atomic E-state index is 13.0. The predicted octanol–water partition coefficient (Wildman–Crippen LogP) is 5.47. The third kappa shape index (κ3) is 5.42. The van der Waals surface area contributed by atoms with Crippen molar-refractivity contribution in [2.24, 2.45) is 0 Å². The van der Waals surface area contributed by atoms with Gasteiger partial charge in [-0.2, -0.15) is 0 Å². The molecule has 7 nitrogen and oxygen atoms in total. The van der Waals surface area contributed by atoms with Crippen molar-refractivity contribution in [1.82, 2.24) is 4.90 Å². The molecule has 36 heavy (non-hydrogen) atoms. The number of imide groups is 1. The van der Waals surface area contributed by atoms with Gasteiger partial charge in [-0.1, -0.05) is 67.1 Å². The smallest absolute Gasteiger partial charge is 0.279 e. The van der Waals surface area contributed by atoms with Gasteiger partial charge < -0.3 is 15.4 Å². The number of benzene rings is 3. The first-order chi connectivity index (χ1) is 17.4. The van der Waals surface area contributed by atoms with Crippen molar-refractivity contribution in [2.45, 2.75) is 26.8 Å². The molecule has 2 N–H and O–H groups in total. The molecule has 8 heteroatoms. The number of nitrogens with one attached hydrogen (secondary N) is 2. The van der Waals surface area contributed by atoms with Crippen molar-refractivity contribution in [2.75, 3.05) is 17.2 Å². The number of carbonyl (C=O) groups is 3. The molecule has 0 aliphatic carbocycles. The summed E-state index contributed by atoms with van der Waals surface area (Å²) in [6, 6.07) is 21.5. The quantitative estimate of drug-likeness (QED) is 0.378. The Morgan fingerprint density at radius 2 is 1.67 bits per heavy atom. The maximum absolute atomic E-state index is 13.0. The summed E-state index contributed by atoms with van der Waals surface area (Å²) in [4.78, 5) is 39.8. The Balaban J connectivity index is 1.52. The largest absolute Gasteiger partial charge is 0.491 e. The molecule has 0 saturated heterocycles. The zero-order valence-electron chi connectivity index (χ0n) is 20.0. The molecule has 3 aromatic carbocycles. The van der Waals surface area contributed by atoms with Gasteiger partial charge in [0.15, 0.2) is 0 Å². The van der Waals surface area contributed by atoms with Gasteiger partial charge in [-0.25, -0.2) is 0 Å². The molecule has 3 amide bonds. The summed E-state index contributed by atoms with van der Waals surface area (Å²) in [5.74, 6) is -0.845. The van der Waals surface area contributed by atoms with Crippen molar-refractivity contribution in [3.8, 4) is 5.75 Å². The number of halogens is 1. The van der Waals surface area contributed by atoms with Crippen molar-refractivity contribution in [3.05, 3.63) is 100 Å². The second-order valence-electron chi connectivity index (χ2n) is 8.32. The monoisotopic (exact) mass is 503 g/mol. The first kappa shape index (κ1) is 25.0. The van der Waals surface area contributed by atoms with Gasteiger partial charge in [-0.3, -0.25) is 19.3 Å². The number of nitrogens with zero attached hydrogens (tertiary/aromatic N) is 1. The van der Waals surface area contributed by atoms with E-state index in [0.29, 0.717) is 29.3 Å². The van der Waals surface area contributed by atoms with Crippen LogP contribution in [-0.2, 0) is 16.1 Å². The van der Waals surface area contributed by atoms with Gasteiger partial charge in [-0.05, 0) is 48.7 Å². The van der Waals surface area contributed by atoms with Crippen LogP contribution in [0.5, 0.6) is 5.75 Å². The van der Waals surface area contributed by atoms with E-state index in [0.717, 1.165) is 22.4 Å². The molecular weight excluding hydrogens is 478 g/mol. The third-order valence-corrected chi connectivity index (χ3v) is 6.00. The summed E-state index contributed by atoms with van der Waals surface area (Å²) in [7, 11) is 0. The average Bonchev–Trinajstić information content (AvgIpc) is 3.08. The molecule has 4 rings (SSSR count). The molecule has 184 valence electrons. The molecular formula is C28H26ClN3O4. The molecule has 0 saturated carbocycles. The van der Waals surface area contributed by atoms with E-state index in [4.69, 9.17) is 16.3 Å². The van der Waals surface area contributed by atoms with E-state index >= 15 is 0 Å². The van der Waals surface area contributed by atoms with E-state index in [2.05, 4.69) is 10.6 Å². The number of para-hydroxylation sites is 2. The number of ether oxygens (including phenoxy) is 1. The SMILES string of the molecule is CCCOc1ccccc1NC(=O)c1ccc(C)c(NC2=C(Cl)C(=O)N(Cc3ccccc3)C2=O)c1. The van der Waals surface area contributed by atoms with Gasteiger partial charge in [0.2, 0.25) is 0 Å². The molecule has 0 unspecified atom stereocenters. The molecule has 1 aliphatic rings. The van der Waals surface area contributed by atoms with Crippen molar-refractivity contribution >= 4 is 40.7 Å². The van der Waals surface area contributed by atoms with Crippen LogP contribution in [0.25, 0.3) is 0 Å². The van der Waals surface area contributed by atoms with Crippen LogP contribution in [0, 0.1) is 6.92 Å². The summed E-state index contributed by atoms with van der Waals surface area (Å²) in [5.41, 5.74) is 2.98. The Morgan fingerprint density at radius 3 is 2.42 bits per heavy atom. The second kappa shape index (κ2) is 11.1. The summed E-state index contributed by atoms with van der Waals surface area (Å²) < 4.78 is 5.72. The lowest BCUT2D eigenvalue weighted by atomic mass is 10.1. The maximum Gasteiger partial charge on any atom is 0.279 e. The minimum absolute atomic E-state index is 0.0171. The lowest BCUT2D eigenvalue weighted by Gasteiger charge is -2.16. The van der Waals surface area contributed by atoms with Gasteiger partial charge >= 0.3 is 0 Å². The summed E-state index contributed by atoms with van der Waals surface area (Å²) in [6.45, 7) is 4.48. The zero-order chi connectivity index (χ0) is 25.7. The minimum atomic E-state index is -0.566. The van der Waals surface area contributed by atoms with Crippen molar-refractivity contribution in [3.63, 3.8) is 0 Å². The van der Waals surface area contributed by atoms with Crippen LogP contribution in [0.2, 0.25) is 0 Å². The first-order valence-corrected chi connectivity index (χ1v) is 12.0. The Hall–Kier alpha value is -4.10. The lowest BCUT2D eigenvalue weighted by molar-refractivity contribution is -0.138. The van der Waals surface area contributed by atoms with Crippen molar-refractivity contribution in [1.29, 1.82) is 0 Å². The van der Waals surface area contributed by atoms with Crippen LogP contribution in [0.3, 0.4) is 0 Å². The number of hydrogen-bond donors (Lipinski definition) is 2. The lowest BCUT2D eigenvalue weighted by Crippen LogP contribution is -2.31. The highest BCUT2D eigenvalue weighted by Crippen LogP contribution is 2.29. The van der Waals surface area contributed by atoms with Gasteiger partial charge in [0.25, 0.3) is 17.7 Å². The van der Waals surface area contributed by atoms with Crippen molar-refractivity contribution < 1.29 is 19.1 Å². The molecule has 0 spiro atoms. The molecule has 0 fully saturated rings. The van der Waals surface area contributed by atoms with E-state index in [-0.39, 0.29) is 23.2 Å². The number of amides is 3. The van der Waals surface area contributed by atoms with Gasteiger partial charge in [-0.15, -0.1) is 0 Å². The highest BCUT2D eigenvalue weighted by Gasteiger charge is 2.38. The molecule has 0 atom stereocenters. The van der Waals surface area contributed by atoms with Crippen LogP contribution in [0.15, 0.2) is 83.5 Å². The molecule has 1 heterocycles. The van der Waals surface area contributed by atoms with E-state index in [1.807, 2.05) is 56.3 Å². The Kier molecular flexibility index (Phi) is 7.71. The standard InChI is InChI=1S/C28H26ClN3O4/c1-3-15-36-23-12-8-7-11-21(23)31-26(33)20-14-13-18(2)22(16-20)30-25-24(29)27(34)32(28(25)35)17-19-9-5-4-6-10-19/h4-14,16,30H,3,15,17H2,1-2H3,(H,31,33). The van der Waals surface area contributed by atoms with Gasteiger partial charge in [0, 0.05) is 11.3 Å². The number of anilines is 2. The fourth-order valence-corrected chi connectivity index (χ4v) is 3.93. The third-order valence-electron chi connectivity index (χ3n) is 5.65. The molecule has 0 aromatic heterocycles. The highest BCUT2D eigenvalue weighted by atomic mass is 35.5. The zero-order valence-corrected chi connectivity index (χ0v) is 20.8. The average molecular weight is 504 g/mol. The Morgan fingerprint density at radius 1 is 0.944 bits per heavy atom. The van der Waals surface area contributed by atoms with E-state index in [9.17, 15) is 14.4 Å². The molecule has 0 radical (unpaired) electrons. The predicted molar refractivity (Wildman–Crippen MR) is 140 cm³/mol. The first-order valence-electron chi connectivity index (χ1n) is 11.6. The van der Waals surface area contributed by atoms with Crippen LogP contribution in [0.4, 0.5) is 11.4 Å². The van der Waals surface area contributed by atoms with Crippen LogP contribution >= 0.6 is 11.6 Å². The number of aryl methyl sites for hydroxylation is 1. The summed E-state index contributed by atoms with van der Waals surface area (Å²) in [5, 5.41) is 5.67. The van der Waals surface area contributed by atoms with E-state index in [1.54, 1.807) is 30.3 Å². The molecule has 3 aromatic rings. The van der Waals surface area contributed by atoms with Crippen LogP contribution < -0.4 is 15.4 Å². The summed E-state index contributed by atoms with van der Waals surface area (Å²) in [6.07, 6.45) is 0.845. The van der Waals surface area contributed by atoms with E-state index < -0.39 is 11.8 Å². The van der Waals surface area contributed by atoms with E-state index in [1.165, 1.54) is 0 Å². The summed E-state index contributed by atoms with van der Waals surface area (Å²) >= 11 is 6.27. The fraction of sp³-hybridized carbons (Fsp3) is 0.179.